The maximum Gasteiger partial charge on any atom is 0.225 e. The number of aryl methyl sites for hydroxylation is 2. The molecule has 1 atom stereocenters. The van der Waals surface area contributed by atoms with Gasteiger partial charge in [-0.05, 0) is 57.7 Å². The summed E-state index contributed by atoms with van der Waals surface area (Å²) in [6.45, 7) is 9.00. The maximum atomic E-state index is 12.7. The van der Waals surface area contributed by atoms with Crippen molar-refractivity contribution < 1.29 is 4.79 Å². The van der Waals surface area contributed by atoms with E-state index in [0.29, 0.717) is 12.5 Å². The van der Waals surface area contributed by atoms with Gasteiger partial charge in [0.05, 0.1) is 12.2 Å². The number of aliphatic imine (C=N–C) groups is 1. The van der Waals surface area contributed by atoms with Crippen LogP contribution in [-0.2, 0) is 11.3 Å². The van der Waals surface area contributed by atoms with Gasteiger partial charge in [-0.15, -0.1) is 24.0 Å². The number of carbonyl (C=O) groups excluding carboxylic acids is 1. The van der Waals surface area contributed by atoms with E-state index in [1.807, 2.05) is 47.8 Å². The van der Waals surface area contributed by atoms with Gasteiger partial charge in [-0.25, -0.2) is 14.7 Å². The van der Waals surface area contributed by atoms with Crippen molar-refractivity contribution in [2.45, 2.75) is 65.5 Å². The molecule has 2 aromatic rings. The molecule has 0 spiro atoms. The molecule has 1 unspecified atom stereocenters. The number of likely N-dealkylation sites (tertiary alicyclic amines) is 1. The zero-order valence-corrected chi connectivity index (χ0v) is 22.2. The third-order valence-electron chi connectivity index (χ3n) is 6.34. The monoisotopic (exact) mass is 565 g/mol. The molecule has 2 fully saturated rings. The average molecular weight is 566 g/mol. The fraction of sp³-hybridized carbons (Fsp3) is 0.583. The summed E-state index contributed by atoms with van der Waals surface area (Å²) in [5, 5.41) is 11.3. The number of nitrogens with one attached hydrogen (secondary N) is 2. The van der Waals surface area contributed by atoms with Crippen molar-refractivity contribution in [2.24, 2.45) is 10.9 Å². The summed E-state index contributed by atoms with van der Waals surface area (Å²) in [6.07, 6.45) is 7.33. The number of hydrogen-bond donors (Lipinski definition) is 2. The molecular weight excluding hydrogens is 529 g/mol. The van der Waals surface area contributed by atoms with Crippen LogP contribution in [-0.4, -0.2) is 57.2 Å². The van der Waals surface area contributed by atoms with Gasteiger partial charge in [-0.3, -0.25) is 4.79 Å². The van der Waals surface area contributed by atoms with Crippen LogP contribution in [0.3, 0.4) is 0 Å². The highest BCUT2D eigenvalue weighted by atomic mass is 127. The van der Waals surface area contributed by atoms with Crippen molar-refractivity contribution in [3.8, 4) is 5.82 Å². The summed E-state index contributed by atoms with van der Waals surface area (Å²) in [4.78, 5) is 24.1. The summed E-state index contributed by atoms with van der Waals surface area (Å²) in [5.41, 5.74) is 3.09. The van der Waals surface area contributed by atoms with Gasteiger partial charge in [0, 0.05) is 43.5 Å². The topological polar surface area (TPSA) is 87.4 Å². The van der Waals surface area contributed by atoms with Crippen LogP contribution in [0.1, 0.15) is 56.0 Å². The van der Waals surface area contributed by atoms with E-state index >= 15 is 0 Å². The van der Waals surface area contributed by atoms with Gasteiger partial charge in [0.25, 0.3) is 0 Å². The summed E-state index contributed by atoms with van der Waals surface area (Å²) in [6, 6.07) is 6.31. The molecule has 2 aliphatic rings. The lowest BCUT2D eigenvalue weighted by Gasteiger charge is -2.21. The Morgan fingerprint density at radius 3 is 2.64 bits per heavy atom. The van der Waals surface area contributed by atoms with Crippen molar-refractivity contribution in [2.75, 3.05) is 19.6 Å². The molecule has 8 nitrogen and oxygen atoms in total. The van der Waals surface area contributed by atoms with Crippen LogP contribution < -0.4 is 10.6 Å². The van der Waals surface area contributed by atoms with Crippen LogP contribution in [0.25, 0.3) is 5.82 Å². The summed E-state index contributed by atoms with van der Waals surface area (Å²) >= 11 is 0. The van der Waals surface area contributed by atoms with Gasteiger partial charge < -0.3 is 15.5 Å². The highest BCUT2D eigenvalue weighted by Crippen LogP contribution is 2.27. The number of pyridine rings is 1. The number of rotatable bonds is 6. The molecule has 0 bridgehead atoms. The summed E-state index contributed by atoms with van der Waals surface area (Å²) in [5.74, 6) is 2.20. The minimum atomic E-state index is 0. The number of amides is 1. The maximum absolute atomic E-state index is 12.7. The first kappa shape index (κ1) is 25.5. The largest absolute Gasteiger partial charge is 0.357 e. The second-order valence-corrected chi connectivity index (χ2v) is 8.95. The van der Waals surface area contributed by atoms with Crippen LogP contribution >= 0.6 is 24.0 Å². The molecule has 1 saturated heterocycles. The van der Waals surface area contributed by atoms with E-state index in [9.17, 15) is 4.79 Å². The van der Waals surface area contributed by atoms with E-state index in [4.69, 9.17) is 4.99 Å². The van der Waals surface area contributed by atoms with E-state index in [0.717, 1.165) is 67.6 Å². The molecule has 1 amide bonds. The Bertz CT molecular complexity index is 950. The van der Waals surface area contributed by atoms with Crippen molar-refractivity contribution in [3.05, 3.63) is 41.3 Å². The molecule has 3 heterocycles. The fourth-order valence-electron chi connectivity index (χ4n) is 4.69. The number of carbonyl (C=O) groups is 1. The lowest BCUT2D eigenvalue weighted by molar-refractivity contribution is -0.134. The first-order valence-corrected chi connectivity index (χ1v) is 11.9. The Hall–Kier alpha value is -2.17. The van der Waals surface area contributed by atoms with Crippen LogP contribution in [0.2, 0.25) is 0 Å². The molecule has 33 heavy (non-hydrogen) atoms. The van der Waals surface area contributed by atoms with E-state index < -0.39 is 0 Å². The van der Waals surface area contributed by atoms with Gasteiger partial charge >= 0.3 is 0 Å². The third kappa shape index (κ3) is 6.45. The second-order valence-electron chi connectivity index (χ2n) is 8.95. The van der Waals surface area contributed by atoms with E-state index in [1.165, 1.54) is 12.8 Å². The molecule has 9 heteroatoms. The molecular formula is C24H36IN7O. The second kappa shape index (κ2) is 11.8. The molecule has 1 saturated carbocycles. The van der Waals surface area contributed by atoms with E-state index in [-0.39, 0.29) is 35.9 Å². The summed E-state index contributed by atoms with van der Waals surface area (Å²) in [7, 11) is 0. The molecule has 2 N–H and O–H groups in total. The van der Waals surface area contributed by atoms with E-state index in [2.05, 4.69) is 27.6 Å². The molecule has 0 aromatic carbocycles. The Labute approximate surface area is 213 Å². The molecule has 4 rings (SSSR count). The Balaban J connectivity index is 0.00000306. The van der Waals surface area contributed by atoms with Gasteiger partial charge in [0.2, 0.25) is 5.91 Å². The molecule has 0 radical (unpaired) electrons. The van der Waals surface area contributed by atoms with Gasteiger partial charge in [-0.1, -0.05) is 18.9 Å². The van der Waals surface area contributed by atoms with Crippen LogP contribution in [0.4, 0.5) is 0 Å². The van der Waals surface area contributed by atoms with Gasteiger partial charge in [0.15, 0.2) is 11.8 Å². The highest BCUT2D eigenvalue weighted by Gasteiger charge is 2.32. The number of nitrogens with zero attached hydrogens (tertiary/aromatic N) is 5. The average Bonchev–Trinajstić information content (AvgIpc) is 3.54. The molecule has 180 valence electrons. The summed E-state index contributed by atoms with van der Waals surface area (Å²) < 4.78 is 1.85. The first-order chi connectivity index (χ1) is 15.5. The van der Waals surface area contributed by atoms with Crippen LogP contribution in [0.15, 0.2) is 29.4 Å². The van der Waals surface area contributed by atoms with Crippen molar-refractivity contribution in [1.29, 1.82) is 0 Å². The lowest BCUT2D eigenvalue weighted by Crippen LogP contribution is -2.45. The third-order valence-corrected chi connectivity index (χ3v) is 6.34. The normalized spacial score (nSPS) is 18.9. The number of aromatic nitrogens is 3. The Kier molecular flexibility index (Phi) is 9.10. The van der Waals surface area contributed by atoms with Crippen LogP contribution in [0.5, 0.6) is 0 Å². The van der Waals surface area contributed by atoms with E-state index in [1.54, 1.807) is 0 Å². The highest BCUT2D eigenvalue weighted by molar-refractivity contribution is 14.0. The van der Waals surface area contributed by atoms with Crippen molar-refractivity contribution in [3.63, 3.8) is 0 Å². The standard InChI is InChI=1S/C24H35N7O.HI/c1-4-25-24(28-21-11-12-30(16-21)23(32)20-7-5-6-8-20)27-15-19-9-10-22(26-14-19)31-18(3)13-17(2)29-31;/h9-10,13-14,20-21H,4-8,11-12,15-16H2,1-3H3,(H2,25,27,28);1H. The minimum absolute atomic E-state index is 0. The SMILES string of the molecule is CCNC(=NCc1ccc(-n2nc(C)cc2C)nc1)NC1CCN(C(=O)C2CCCC2)C1.I. The first-order valence-electron chi connectivity index (χ1n) is 11.9. The smallest absolute Gasteiger partial charge is 0.225 e. The van der Waals surface area contributed by atoms with Crippen molar-refractivity contribution >= 4 is 35.8 Å². The Morgan fingerprint density at radius 1 is 1.21 bits per heavy atom. The zero-order valence-electron chi connectivity index (χ0n) is 19.9. The zero-order chi connectivity index (χ0) is 22.5. The van der Waals surface area contributed by atoms with Gasteiger partial charge in [0.1, 0.15) is 0 Å². The minimum Gasteiger partial charge on any atom is -0.357 e. The van der Waals surface area contributed by atoms with Crippen LogP contribution in [0, 0.1) is 19.8 Å². The molecule has 1 aliphatic heterocycles. The van der Waals surface area contributed by atoms with Gasteiger partial charge in [-0.2, -0.15) is 5.10 Å². The lowest BCUT2D eigenvalue weighted by atomic mass is 10.1. The quantitative estimate of drug-likeness (QED) is 0.319. The van der Waals surface area contributed by atoms with Crippen molar-refractivity contribution in [1.82, 2.24) is 30.3 Å². The fourth-order valence-corrected chi connectivity index (χ4v) is 4.69. The predicted molar refractivity (Wildman–Crippen MR) is 141 cm³/mol. The predicted octanol–water partition coefficient (Wildman–Crippen LogP) is 3.35. The number of hydrogen-bond acceptors (Lipinski definition) is 4. The number of guanidine groups is 1. The molecule has 1 aliphatic carbocycles. The Morgan fingerprint density at radius 2 is 2.00 bits per heavy atom. The molecule has 2 aromatic heterocycles. The number of halogens is 1.